The molecule has 0 saturated carbocycles. The molecule has 0 aliphatic carbocycles. The van der Waals surface area contributed by atoms with E-state index in [1.54, 1.807) is 0 Å². The standard InChI is InChI=1S/C11H13F9O2/c1-5(7(2,3)4)22-6(21)8(9(12,13)14,10(15,16)17)11(18,19)20/h5H,1-4H3/t5-/m1/s1. The van der Waals surface area contributed by atoms with E-state index in [-0.39, 0.29) is 0 Å². The zero-order valence-corrected chi connectivity index (χ0v) is 11.8. The summed E-state index contributed by atoms with van der Waals surface area (Å²) < 4.78 is 117. The van der Waals surface area contributed by atoms with Crippen molar-refractivity contribution in [3.63, 3.8) is 0 Å². The quantitative estimate of drug-likeness (QED) is 0.537. The number of alkyl halides is 9. The van der Waals surface area contributed by atoms with Crippen LogP contribution in [0.15, 0.2) is 0 Å². The van der Waals surface area contributed by atoms with E-state index in [2.05, 4.69) is 4.74 Å². The van der Waals surface area contributed by atoms with Gasteiger partial charge in [-0.05, 0) is 12.3 Å². The molecule has 1 atom stereocenters. The molecule has 0 aromatic heterocycles. The zero-order valence-electron chi connectivity index (χ0n) is 11.8. The monoisotopic (exact) mass is 348 g/mol. The molecule has 0 aromatic carbocycles. The number of esters is 1. The van der Waals surface area contributed by atoms with Crippen LogP contribution in [-0.4, -0.2) is 30.6 Å². The molecular weight excluding hydrogens is 335 g/mol. The van der Waals surface area contributed by atoms with Crippen LogP contribution in [0.1, 0.15) is 27.7 Å². The molecule has 0 aliphatic heterocycles. The van der Waals surface area contributed by atoms with Crippen molar-refractivity contribution in [1.82, 2.24) is 0 Å². The second kappa shape index (κ2) is 5.48. The van der Waals surface area contributed by atoms with E-state index in [1.807, 2.05) is 0 Å². The van der Waals surface area contributed by atoms with Crippen molar-refractivity contribution in [3.05, 3.63) is 0 Å². The van der Waals surface area contributed by atoms with Gasteiger partial charge in [0.2, 0.25) is 0 Å². The Kier molecular flexibility index (Phi) is 5.19. The predicted octanol–water partition coefficient (Wildman–Crippen LogP) is 4.64. The van der Waals surface area contributed by atoms with Crippen LogP contribution in [0.2, 0.25) is 0 Å². The summed E-state index contributed by atoms with van der Waals surface area (Å²) in [4.78, 5) is 11.3. The highest BCUT2D eigenvalue weighted by Crippen LogP contribution is 2.60. The van der Waals surface area contributed by atoms with E-state index in [9.17, 15) is 44.3 Å². The van der Waals surface area contributed by atoms with Crippen LogP contribution >= 0.6 is 0 Å². The number of hydrogen-bond acceptors (Lipinski definition) is 2. The molecule has 0 unspecified atom stereocenters. The van der Waals surface area contributed by atoms with Crippen LogP contribution in [-0.2, 0) is 9.53 Å². The number of carbonyl (C=O) groups excluding carboxylic acids is 1. The Labute approximate surface area is 119 Å². The largest absolute Gasteiger partial charge is 0.461 e. The van der Waals surface area contributed by atoms with Crippen molar-refractivity contribution >= 4 is 5.97 Å². The van der Waals surface area contributed by atoms with Gasteiger partial charge in [0.15, 0.2) is 0 Å². The molecule has 0 radical (unpaired) electrons. The predicted molar refractivity (Wildman–Crippen MR) is 55.6 cm³/mol. The van der Waals surface area contributed by atoms with Crippen molar-refractivity contribution in [2.45, 2.75) is 52.3 Å². The lowest BCUT2D eigenvalue weighted by Gasteiger charge is -2.38. The molecule has 0 spiro atoms. The highest BCUT2D eigenvalue weighted by atomic mass is 19.4. The third-order valence-corrected chi connectivity index (χ3v) is 3.09. The van der Waals surface area contributed by atoms with Crippen LogP contribution in [0.3, 0.4) is 0 Å². The summed E-state index contributed by atoms with van der Waals surface area (Å²) in [5, 5.41) is 0. The lowest BCUT2D eigenvalue weighted by atomic mass is 9.84. The van der Waals surface area contributed by atoms with Gasteiger partial charge >= 0.3 is 29.9 Å². The molecular formula is C11H13F9O2. The fourth-order valence-corrected chi connectivity index (χ4v) is 1.26. The molecule has 0 N–H and O–H groups in total. The van der Waals surface area contributed by atoms with E-state index in [0.717, 1.165) is 6.92 Å². The van der Waals surface area contributed by atoms with E-state index in [1.165, 1.54) is 20.8 Å². The van der Waals surface area contributed by atoms with Crippen molar-refractivity contribution < 1.29 is 49.0 Å². The average molecular weight is 348 g/mol. The summed E-state index contributed by atoms with van der Waals surface area (Å²) in [5.74, 6) is -3.44. The Morgan fingerprint density at radius 2 is 1.05 bits per heavy atom. The first-order valence-electron chi connectivity index (χ1n) is 5.71. The number of ether oxygens (including phenoxy) is 1. The second-order valence-electron chi connectivity index (χ2n) is 5.66. The van der Waals surface area contributed by atoms with E-state index in [0.29, 0.717) is 0 Å². The smallest absolute Gasteiger partial charge is 0.422 e. The van der Waals surface area contributed by atoms with Gasteiger partial charge in [0.25, 0.3) is 0 Å². The number of rotatable bonds is 2. The maximum absolute atomic E-state index is 12.6. The first kappa shape index (κ1) is 20.8. The third kappa shape index (κ3) is 3.43. The van der Waals surface area contributed by atoms with E-state index < -0.39 is 41.4 Å². The van der Waals surface area contributed by atoms with Gasteiger partial charge in [-0.15, -0.1) is 0 Å². The fourth-order valence-electron chi connectivity index (χ4n) is 1.26. The molecule has 22 heavy (non-hydrogen) atoms. The minimum Gasteiger partial charge on any atom is -0.461 e. The first-order chi connectivity index (χ1) is 9.30. The van der Waals surface area contributed by atoms with Gasteiger partial charge in [0, 0.05) is 0 Å². The summed E-state index contributed by atoms with van der Waals surface area (Å²) >= 11 is 0. The van der Waals surface area contributed by atoms with Crippen molar-refractivity contribution in [3.8, 4) is 0 Å². The topological polar surface area (TPSA) is 26.3 Å². The normalized spacial score (nSPS) is 16.4. The first-order valence-corrected chi connectivity index (χ1v) is 5.71. The number of halogens is 9. The molecule has 0 aromatic rings. The lowest BCUT2D eigenvalue weighted by Crippen LogP contribution is -2.65. The Balaban J connectivity index is 6.18. The molecule has 11 heteroatoms. The Morgan fingerprint density at radius 3 is 1.23 bits per heavy atom. The molecule has 0 saturated heterocycles. The Morgan fingerprint density at radius 1 is 0.773 bits per heavy atom. The minimum atomic E-state index is -6.96. The molecule has 0 rings (SSSR count). The Bertz CT molecular complexity index is 375. The molecule has 132 valence electrons. The fraction of sp³-hybridized carbons (Fsp3) is 0.909. The molecule has 2 nitrogen and oxygen atoms in total. The van der Waals surface area contributed by atoms with Crippen LogP contribution in [0, 0.1) is 10.8 Å². The maximum Gasteiger partial charge on any atom is 0.422 e. The molecule has 0 fully saturated rings. The summed E-state index contributed by atoms with van der Waals surface area (Å²) in [7, 11) is 0. The van der Waals surface area contributed by atoms with Crippen molar-refractivity contribution in [2.75, 3.05) is 0 Å². The SMILES string of the molecule is C[C@@H](OC(=O)C(C(F)(F)F)(C(F)(F)F)C(F)(F)F)C(C)(C)C. The van der Waals surface area contributed by atoms with E-state index >= 15 is 0 Å². The second-order valence-corrected chi connectivity index (χ2v) is 5.66. The summed E-state index contributed by atoms with van der Waals surface area (Å²) in [5.41, 5.74) is -7.75. The summed E-state index contributed by atoms with van der Waals surface area (Å²) in [6, 6.07) is 0. The highest BCUT2D eigenvalue weighted by Gasteiger charge is 2.89. The summed E-state index contributed by atoms with van der Waals surface area (Å²) in [6.07, 6.45) is -22.5. The van der Waals surface area contributed by atoms with Gasteiger partial charge in [-0.2, -0.15) is 39.5 Å². The average Bonchev–Trinajstić information content (AvgIpc) is 2.07. The minimum absolute atomic E-state index is 0.895. The Hall–Kier alpha value is -1.16. The number of carbonyl (C=O) groups is 1. The van der Waals surface area contributed by atoms with Gasteiger partial charge in [-0.25, -0.2) is 0 Å². The van der Waals surface area contributed by atoms with Gasteiger partial charge in [0.05, 0.1) is 0 Å². The van der Waals surface area contributed by atoms with Gasteiger partial charge in [0.1, 0.15) is 6.10 Å². The molecule has 0 bridgehead atoms. The molecule has 0 amide bonds. The maximum atomic E-state index is 12.6. The highest BCUT2D eigenvalue weighted by molar-refractivity contribution is 5.80. The summed E-state index contributed by atoms with van der Waals surface area (Å²) in [6.45, 7) is 4.69. The lowest BCUT2D eigenvalue weighted by molar-refractivity contribution is -0.413. The zero-order chi connectivity index (χ0) is 18.4. The molecule has 0 aliphatic rings. The van der Waals surface area contributed by atoms with Crippen LogP contribution in [0.4, 0.5) is 39.5 Å². The van der Waals surface area contributed by atoms with Crippen molar-refractivity contribution in [1.29, 1.82) is 0 Å². The molecule has 0 heterocycles. The number of hydrogen-bond donors (Lipinski definition) is 0. The van der Waals surface area contributed by atoms with Crippen LogP contribution < -0.4 is 0 Å². The van der Waals surface area contributed by atoms with Crippen LogP contribution in [0.25, 0.3) is 0 Å². The van der Waals surface area contributed by atoms with Gasteiger partial charge in [-0.3, -0.25) is 4.79 Å². The van der Waals surface area contributed by atoms with E-state index in [4.69, 9.17) is 0 Å². The van der Waals surface area contributed by atoms with Gasteiger partial charge < -0.3 is 4.74 Å². The third-order valence-electron chi connectivity index (χ3n) is 3.09. The van der Waals surface area contributed by atoms with Gasteiger partial charge in [-0.1, -0.05) is 20.8 Å². The van der Waals surface area contributed by atoms with Crippen LogP contribution in [0.5, 0.6) is 0 Å². The van der Waals surface area contributed by atoms with Crippen molar-refractivity contribution in [2.24, 2.45) is 10.8 Å².